The Labute approximate surface area is 118 Å². The summed E-state index contributed by atoms with van der Waals surface area (Å²) < 4.78 is 58.5. The van der Waals surface area contributed by atoms with Crippen LogP contribution in [0.1, 0.15) is 32.9 Å². The van der Waals surface area contributed by atoms with E-state index in [-0.39, 0.29) is 5.69 Å². The van der Waals surface area contributed by atoms with Crippen molar-refractivity contribution in [3.05, 3.63) is 18.0 Å². The third kappa shape index (κ3) is 5.84. The average Bonchev–Trinajstić information content (AvgIpc) is 2.27. The SMILES string of the molecule is CC(C)(C)OC(=O)Nc1cnc(C(F)F)cc1OC(F)F. The number of carbonyl (C=O) groups excluding carboxylic acids is 1. The van der Waals surface area contributed by atoms with E-state index in [0.29, 0.717) is 6.07 Å². The molecule has 1 aromatic rings. The number of hydrogen-bond donors (Lipinski definition) is 1. The van der Waals surface area contributed by atoms with Gasteiger partial charge in [-0.2, -0.15) is 8.78 Å². The van der Waals surface area contributed by atoms with E-state index in [9.17, 15) is 22.4 Å². The topological polar surface area (TPSA) is 60.5 Å². The van der Waals surface area contributed by atoms with E-state index in [1.165, 1.54) is 0 Å². The van der Waals surface area contributed by atoms with Gasteiger partial charge in [0, 0.05) is 6.07 Å². The number of ether oxygens (including phenoxy) is 2. The van der Waals surface area contributed by atoms with E-state index in [4.69, 9.17) is 4.74 Å². The average molecular weight is 310 g/mol. The molecule has 21 heavy (non-hydrogen) atoms. The molecule has 1 heterocycles. The zero-order valence-corrected chi connectivity index (χ0v) is 11.5. The lowest BCUT2D eigenvalue weighted by Crippen LogP contribution is -2.27. The van der Waals surface area contributed by atoms with Gasteiger partial charge in [0.25, 0.3) is 6.43 Å². The predicted molar refractivity (Wildman–Crippen MR) is 65.7 cm³/mol. The monoisotopic (exact) mass is 310 g/mol. The second-order valence-electron chi connectivity index (χ2n) is 4.91. The summed E-state index contributed by atoms with van der Waals surface area (Å²) >= 11 is 0. The molecule has 0 bridgehead atoms. The van der Waals surface area contributed by atoms with E-state index < -0.39 is 36.2 Å². The number of alkyl halides is 4. The van der Waals surface area contributed by atoms with E-state index in [1.807, 2.05) is 0 Å². The quantitative estimate of drug-likeness (QED) is 0.855. The van der Waals surface area contributed by atoms with Crippen LogP contribution in [-0.4, -0.2) is 23.3 Å². The van der Waals surface area contributed by atoms with Crippen molar-refractivity contribution in [1.82, 2.24) is 4.98 Å². The minimum atomic E-state index is -3.24. The first-order chi connectivity index (χ1) is 9.58. The van der Waals surface area contributed by atoms with Crippen LogP contribution in [0.15, 0.2) is 12.3 Å². The summed E-state index contributed by atoms with van der Waals surface area (Å²) in [6.07, 6.45) is -3.11. The van der Waals surface area contributed by atoms with Gasteiger partial charge in [0.1, 0.15) is 17.0 Å². The highest BCUT2D eigenvalue weighted by atomic mass is 19.3. The first-order valence-electron chi connectivity index (χ1n) is 5.81. The number of pyridine rings is 1. The molecule has 0 saturated carbocycles. The lowest BCUT2D eigenvalue weighted by Gasteiger charge is -2.20. The lowest BCUT2D eigenvalue weighted by molar-refractivity contribution is -0.0496. The van der Waals surface area contributed by atoms with E-state index in [0.717, 1.165) is 6.20 Å². The van der Waals surface area contributed by atoms with E-state index in [2.05, 4.69) is 15.0 Å². The molecule has 0 saturated heterocycles. The fraction of sp³-hybridized carbons (Fsp3) is 0.500. The van der Waals surface area contributed by atoms with Crippen molar-refractivity contribution in [3.63, 3.8) is 0 Å². The van der Waals surface area contributed by atoms with Crippen LogP contribution in [0.25, 0.3) is 0 Å². The Bertz CT molecular complexity index is 504. The van der Waals surface area contributed by atoms with E-state index in [1.54, 1.807) is 20.8 Å². The highest BCUT2D eigenvalue weighted by molar-refractivity contribution is 5.86. The molecule has 0 fully saturated rings. The molecule has 9 heteroatoms. The van der Waals surface area contributed by atoms with Crippen LogP contribution in [-0.2, 0) is 4.74 Å². The maximum Gasteiger partial charge on any atom is 0.412 e. The zero-order chi connectivity index (χ0) is 16.2. The summed E-state index contributed by atoms with van der Waals surface area (Å²) in [4.78, 5) is 14.9. The molecule has 0 radical (unpaired) electrons. The molecule has 1 aromatic heterocycles. The molecule has 1 amide bonds. The molecule has 0 aromatic carbocycles. The van der Waals surface area contributed by atoms with Crippen molar-refractivity contribution in [2.24, 2.45) is 0 Å². The van der Waals surface area contributed by atoms with Gasteiger partial charge in [-0.3, -0.25) is 10.3 Å². The smallest absolute Gasteiger partial charge is 0.412 e. The Morgan fingerprint density at radius 2 is 1.90 bits per heavy atom. The third-order valence-electron chi connectivity index (χ3n) is 1.96. The van der Waals surface area contributed by atoms with Gasteiger partial charge in [0.05, 0.1) is 6.20 Å². The van der Waals surface area contributed by atoms with E-state index >= 15 is 0 Å². The van der Waals surface area contributed by atoms with Gasteiger partial charge in [-0.1, -0.05) is 0 Å². The van der Waals surface area contributed by atoms with Crippen LogP contribution in [0.3, 0.4) is 0 Å². The molecule has 1 N–H and O–H groups in total. The fourth-order valence-electron chi connectivity index (χ4n) is 1.27. The van der Waals surface area contributed by atoms with Gasteiger partial charge in [-0.25, -0.2) is 13.6 Å². The standard InChI is InChI=1S/C12H14F4N2O3/c1-12(2,3)21-11(19)18-7-5-17-6(9(13)14)4-8(7)20-10(15)16/h4-5,9-10H,1-3H3,(H,18,19). The highest BCUT2D eigenvalue weighted by Gasteiger charge is 2.20. The predicted octanol–water partition coefficient (Wildman–Crippen LogP) is 3.97. The number of hydrogen-bond acceptors (Lipinski definition) is 4. The maximum atomic E-state index is 12.5. The van der Waals surface area contributed by atoms with Crippen LogP contribution >= 0.6 is 0 Å². The summed E-state index contributed by atoms with van der Waals surface area (Å²) in [5.41, 5.74) is -1.86. The first kappa shape index (κ1) is 17.0. The molecule has 0 aliphatic rings. The molecule has 1 rings (SSSR count). The van der Waals surface area contributed by atoms with Crippen molar-refractivity contribution >= 4 is 11.8 Å². The van der Waals surface area contributed by atoms with Crippen LogP contribution in [0.5, 0.6) is 5.75 Å². The second kappa shape index (κ2) is 6.59. The van der Waals surface area contributed by atoms with Gasteiger partial charge < -0.3 is 9.47 Å². The van der Waals surface area contributed by atoms with Crippen molar-refractivity contribution in [3.8, 4) is 5.75 Å². The van der Waals surface area contributed by atoms with Crippen LogP contribution < -0.4 is 10.1 Å². The largest absolute Gasteiger partial charge is 0.444 e. The highest BCUT2D eigenvalue weighted by Crippen LogP contribution is 2.30. The number of amides is 1. The summed E-state index contributed by atoms with van der Waals surface area (Å²) in [5.74, 6) is -0.624. The van der Waals surface area contributed by atoms with Crippen molar-refractivity contribution in [1.29, 1.82) is 0 Å². The third-order valence-corrected chi connectivity index (χ3v) is 1.96. The van der Waals surface area contributed by atoms with Crippen molar-refractivity contribution in [2.45, 2.75) is 39.4 Å². The Hall–Kier alpha value is -2.06. The summed E-state index contributed by atoms with van der Waals surface area (Å²) in [7, 11) is 0. The minimum Gasteiger partial charge on any atom is -0.444 e. The Kier molecular flexibility index (Phi) is 5.34. The Morgan fingerprint density at radius 1 is 1.29 bits per heavy atom. The minimum absolute atomic E-state index is 0.297. The molecule has 5 nitrogen and oxygen atoms in total. The number of nitrogens with one attached hydrogen (secondary N) is 1. The molecule has 0 atom stereocenters. The first-order valence-corrected chi connectivity index (χ1v) is 5.81. The summed E-state index contributed by atoms with van der Waals surface area (Å²) in [6.45, 7) is 1.56. The van der Waals surface area contributed by atoms with Crippen LogP contribution in [0.4, 0.5) is 28.0 Å². The molecule has 0 aliphatic heterocycles. The molecule has 0 spiro atoms. The normalized spacial score (nSPS) is 11.7. The summed E-state index contributed by atoms with van der Waals surface area (Å²) in [6, 6.07) is 0.629. The second-order valence-corrected chi connectivity index (χ2v) is 4.91. The number of anilines is 1. The molecular weight excluding hydrogens is 296 g/mol. The van der Waals surface area contributed by atoms with Crippen molar-refractivity contribution in [2.75, 3.05) is 5.32 Å². The Balaban J connectivity index is 2.97. The van der Waals surface area contributed by atoms with Crippen LogP contribution in [0.2, 0.25) is 0 Å². The Morgan fingerprint density at radius 3 is 2.38 bits per heavy atom. The van der Waals surface area contributed by atoms with Gasteiger partial charge in [0.15, 0.2) is 5.75 Å². The number of halogens is 4. The maximum absolute atomic E-state index is 12.5. The number of rotatable bonds is 4. The zero-order valence-electron chi connectivity index (χ0n) is 11.5. The van der Waals surface area contributed by atoms with Gasteiger partial charge >= 0.3 is 12.7 Å². The number of carbonyl (C=O) groups is 1. The molecular formula is C12H14F4N2O3. The van der Waals surface area contributed by atoms with Crippen molar-refractivity contribution < 1.29 is 31.8 Å². The summed E-state index contributed by atoms with van der Waals surface area (Å²) in [5, 5.41) is 2.11. The molecule has 118 valence electrons. The van der Waals surface area contributed by atoms with Gasteiger partial charge in [-0.15, -0.1) is 0 Å². The number of aromatic nitrogens is 1. The van der Waals surface area contributed by atoms with Crippen LogP contribution in [0, 0.1) is 0 Å². The van der Waals surface area contributed by atoms with Gasteiger partial charge in [0.2, 0.25) is 0 Å². The lowest BCUT2D eigenvalue weighted by atomic mass is 10.2. The molecule has 0 aliphatic carbocycles. The van der Waals surface area contributed by atoms with Gasteiger partial charge in [-0.05, 0) is 20.8 Å². The number of nitrogens with zero attached hydrogens (tertiary/aromatic N) is 1. The fourth-order valence-corrected chi connectivity index (χ4v) is 1.27. The molecule has 0 unspecified atom stereocenters.